The molecule has 92 valence electrons. The van der Waals surface area contributed by atoms with Crippen LogP contribution in [0.2, 0.25) is 0 Å². The van der Waals surface area contributed by atoms with Crippen LogP contribution in [-0.2, 0) is 9.53 Å². The highest BCUT2D eigenvalue weighted by molar-refractivity contribution is 5.70. The van der Waals surface area contributed by atoms with Crippen molar-refractivity contribution in [2.75, 3.05) is 13.7 Å². The zero-order valence-corrected chi connectivity index (χ0v) is 9.46. The molecule has 0 aliphatic carbocycles. The maximum Gasteiger partial charge on any atom is 0.306 e. The van der Waals surface area contributed by atoms with Crippen molar-refractivity contribution < 1.29 is 14.5 Å². The molecule has 0 spiro atoms. The largest absolute Gasteiger partial charge is 0.469 e. The third-order valence-corrected chi connectivity index (χ3v) is 2.50. The molecule has 0 saturated carbocycles. The number of carbonyl (C=O) groups is 1. The standard InChI is InChI=1S/C11H14N2O4/c1-17-11(14)6-8(7-12)9-4-2-3-5-10(9)13(15)16/h2-5,8H,6-7,12H2,1H3. The van der Waals surface area contributed by atoms with Crippen LogP contribution in [-0.4, -0.2) is 24.5 Å². The molecule has 0 radical (unpaired) electrons. The predicted molar refractivity (Wildman–Crippen MR) is 61.5 cm³/mol. The molecule has 0 heterocycles. The second kappa shape index (κ2) is 5.95. The number of rotatable bonds is 5. The van der Waals surface area contributed by atoms with E-state index in [1.165, 1.54) is 13.2 Å². The maximum absolute atomic E-state index is 11.2. The smallest absolute Gasteiger partial charge is 0.306 e. The van der Waals surface area contributed by atoms with Crippen LogP contribution in [0.3, 0.4) is 0 Å². The van der Waals surface area contributed by atoms with E-state index in [0.717, 1.165) is 0 Å². The molecular weight excluding hydrogens is 224 g/mol. The molecule has 0 aliphatic heterocycles. The van der Waals surface area contributed by atoms with Gasteiger partial charge in [0, 0.05) is 24.1 Å². The van der Waals surface area contributed by atoms with Gasteiger partial charge in [-0.05, 0) is 0 Å². The van der Waals surface area contributed by atoms with Gasteiger partial charge in [-0.15, -0.1) is 0 Å². The number of nitro benzene ring substituents is 1. The Hall–Kier alpha value is -1.95. The van der Waals surface area contributed by atoms with Gasteiger partial charge in [0.05, 0.1) is 18.5 Å². The van der Waals surface area contributed by atoms with Gasteiger partial charge in [0.1, 0.15) is 0 Å². The average Bonchev–Trinajstić information content (AvgIpc) is 2.35. The first-order valence-corrected chi connectivity index (χ1v) is 5.10. The lowest BCUT2D eigenvalue weighted by atomic mass is 9.94. The van der Waals surface area contributed by atoms with Gasteiger partial charge in [-0.2, -0.15) is 0 Å². The molecule has 0 saturated heterocycles. The molecule has 1 aromatic carbocycles. The lowest BCUT2D eigenvalue weighted by Crippen LogP contribution is -2.18. The van der Waals surface area contributed by atoms with E-state index in [1.807, 2.05) is 0 Å². The SMILES string of the molecule is COC(=O)CC(CN)c1ccccc1[N+](=O)[O-]. The highest BCUT2D eigenvalue weighted by Crippen LogP contribution is 2.28. The van der Waals surface area contributed by atoms with Crippen molar-refractivity contribution in [3.05, 3.63) is 39.9 Å². The molecule has 6 nitrogen and oxygen atoms in total. The first-order valence-electron chi connectivity index (χ1n) is 5.10. The van der Waals surface area contributed by atoms with Gasteiger partial charge >= 0.3 is 5.97 Å². The summed E-state index contributed by atoms with van der Waals surface area (Å²) in [5, 5.41) is 10.8. The van der Waals surface area contributed by atoms with Gasteiger partial charge in [0.2, 0.25) is 0 Å². The normalized spacial score (nSPS) is 11.9. The van der Waals surface area contributed by atoms with E-state index in [9.17, 15) is 14.9 Å². The summed E-state index contributed by atoms with van der Waals surface area (Å²) in [6.45, 7) is 0.153. The fraction of sp³-hybridized carbons (Fsp3) is 0.364. The number of nitrogens with zero attached hydrogens (tertiary/aromatic N) is 1. The number of ether oxygens (including phenoxy) is 1. The highest BCUT2D eigenvalue weighted by Gasteiger charge is 2.22. The second-order valence-corrected chi connectivity index (χ2v) is 3.53. The van der Waals surface area contributed by atoms with Crippen molar-refractivity contribution in [1.82, 2.24) is 0 Å². The van der Waals surface area contributed by atoms with Crippen molar-refractivity contribution in [3.8, 4) is 0 Å². The minimum Gasteiger partial charge on any atom is -0.469 e. The Morgan fingerprint density at radius 3 is 2.71 bits per heavy atom. The summed E-state index contributed by atoms with van der Waals surface area (Å²) in [4.78, 5) is 21.6. The number of hydrogen-bond donors (Lipinski definition) is 1. The molecule has 0 amide bonds. The van der Waals surface area contributed by atoms with E-state index in [4.69, 9.17) is 5.73 Å². The summed E-state index contributed by atoms with van der Waals surface area (Å²) < 4.78 is 4.54. The number of nitrogens with two attached hydrogens (primary N) is 1. The van der Waals surface area contributed by atoms with Crippen molar-refractivity contribution in [2.45, 2.75) is 12.3 Å². The zero-order chi connectivity index (χ0) is 12.8. The Labute approximate surface area is 98.5 Å². The second-order valence-electron chi connectivity index (χ2n) is 3.53. The van der Waals surface area contributed by atoms with Crippen molar-refractivity contribution >= 4 is 11.7 Å². The molecule has 1 aromatic rings. The third kappa shape index (κ3) is 3.25. The number of benzene rings is 1. The topological polar surface area (TPSA) is 95.5 Å². The molecule has 0 fully saturated rings. The summed E-state index contributed by atoms with van der Waals surface area (Å²) >= 11 is 0. The van der Waals surface area contributed by atoms with Gasteiger partial charge in [-0.3, -0.25) is 14.9 Å². The van der Waals surface area contributed by atoms with Gasteiger partial charge in [0.15, 0.2) is 0 Å². The highest BCUT2D eigenvalue weighted by atomic mass is 16.6. The van der Waals surface area contributed by atoms with E-state index < -0.39 is 16.8 Å². The van der Waals surface area contributed by atoms with Crippen LogP contribution in [0.15, 0.2) is 24.3 Å². The van der Waals surface area contributed by atoms with E-state index in [1.54, 1.807) is 18.2 Å². The van der Waals surface area contributed by atoms with Crippen LogP contribution in [0.1, 0.15) is 17.9 Å². The molecule has 17 heavy (non-hydrogen) atoms. The Bertz CT molecular complexity index is 420. The Morgan fingerprint density at radius 1 is 1.53 bits per heavy atom. The number of methoxy groups -OCH3 is 1. The van der Waals surface area contributed by atoms with Crippen molar-refractivity contribution in [2.24, 2.45) is 5.73 Å². The van der Waals surface area contributed by atoms with Crippen LogP contribution in [0, 0.1) is 10.1 Å². The molecule has 2 N–H and O–H groups in total. The van der Waals surface area contributed by atoms with Gasteiger partial charge in [0.25, 0.3) is 5.69 Å². The first-order chi connectivity index (χ1) is 8.10. The fourth-order valence-electron chi connectivity index (χ4n) is 1.60. The monoisotopic (exact) mass is 238 g/mol. The van der Waals surface area contributed by atoms with E-state index in [0.29, 0.717) is 5.56 Å². The summed E-state index contributed by atoms with van der Waals surface area (Å²) in [6, 6.07) is 6.27. The molecule has 6 heteroatoms. The molecule has 0 aromatic heterocycles. The van der Waals surface area contributed by atoms with E-state index in [2.05, 4.69) is 4.74 Å². The number of para-hydroxylation sites is 1. The Morgan fingerprint density at radius 2 is 2.18 bits per heavy atom. The maximum atomic E-state index is 11.2. The van der Waals surface area contributed by atoms with E-state index in [-0.39, 0.29) is 18.7 Å². The number of hydrogen-bond acceptors (Lipinski definition) is 5. The molecule has 1 unspecified atom stereocenters. The van der Waals surface area contributed by atoms with Gasteiger partial charge < -0.3 is 10.5 Å². The van der Waals surface area contributed by atoms with Crippen LogP contribution in [0.4, 0.5) is 5.69 Å². The Balaban J connectivity index is 3.03. The summed E-state index contributed by atoms with van der Waals surface area (Å²) in [6.07, 6.45) is 0.0395. The quantitative estimate of drug-likeness (QED) is 0.472. The number of esters is 1. The number of carbonyl (C=O) groups excluding carboxylic acids is 1. The summed E-state index contributed by atoms with van der Waals surface area (Å²) in [7, 11) is 1.27. The van der Waals surface area contributed by atoms with Crippen LogP contribution in [0.5, 0.6) is 0 Å². The average molecular weight is 238 g/mol. The Kier molecular flexibility index (Phi) is 4.59. The summed E-state index contributed by atoms with van der Waals surface area (Å²) in [5.74, 6) is -0.831. The lowest BCUT2D eigenvalue weighted by molar-refractivity contribution is -0.385. The predicted octanol–water partition coefficient (Wildman–Crippen LogP) is 1.20. The zero-order valence-electron chi connectivity index (χ0n) is 9.46. The van der Waals surface area contributed by atoms with E-state index >= 15 is 0 Å². The van der Waals surface area contributed by atoms with Crippen LogP contribution in [0.25, 0.3) is 0 Å². The van der Waals surface area contributed by atoms with Crippen molar-refractivity contribution in [3.63, 3.8) is 0 Å². The molecule has 0 aliphatic rings. The molecule has 1 atom stereocenters. The minimum atomic E-state index is -0.477. The fourth-order valence-corrected chi connectivity index (χ4v) is 1.60. The van der Waals surface area contributed by atoms with Gasteiger partial charge in [-0.25, -0.2) is 0 Å². The molecular formula is C11H14N2O4. The van der Waals surface area contributed by atoms with Crippen molar-refractivity contribution in [1.29, 1.82) is 0 Å². The minimum absolute atomic E-state index is 0.0214. The first kappa shape index (κ1) is 13.1. The number of nitro groups is 1. The summed E-state index contributed by atoms with van der Waals surface area (Å²) in [5.41, 5.74) is 5.99. The third-order valence-electron chi connectivity index (χ3n) is 2.50. The van der Waals surface area contributed by atoms with Gasteiger partial charge in [-0.1, -0.05) is 18.2 Å². The van der Waals surface area contributed by atoms with Crippen LogP contribution >= 0.6 is 0 Å². The lowest BCUT2D eigenvalue weighted by Gasteiger charge is -2.13. The van der Waals surface area contributed by atoms with Crippen LogP contribution < -0.4 is 5.73 Å². The molecule has 1 rings (SSSR count). The molecule has 0 bridgehead atoms.